The van der Waals surface area contributed by atoms with E-state index in [0.717, 1.165) is 34.5 Å². The van der Waals surface area contributed by atoms with Crippen molar-refractivity contribution in [3.8, 4) is 0 Å². The third-order valence-electron chi connectivity index (χ3n) is 5.54. The second-order valence-corrected chi connectivity index (χ2v) is 7.47. The Hall–Kier alpha value is -3.09. The predicted octanol–water partition coefficient (Wildman–Crippen LogP) is 2.79. The normalized spacial score (nSPS) is 18.2. The molecule has 2 atom stereocenters. The fourth-order valence-corrected chi connectivity index (χ4v) is 3.81. The summed E-state index contributed by atoms with van der Waals surface area (Å²) in [5, 5.41) is 6.02. The Morgan fingerprint density at radius 2 is 1.96 bits per heavy atom. The number of imidazole rings is 1. The van der Waals surface area contributed by atoms with Crippen molar-refractivity contribution in [2.45, 2.75) is 45.7 Å². The van der Waals surface area contributed by atoms with E-state index >= 15 is 0 Å². The number of anilines is 1. The first-order valence-corrected chi connectivity index (χ1v) is 9.64. The number of amides is 2. The smallest absolute Gasteiger partial charge is 0.315 e. The highest BCUT2D eigenvalue weighted by Crippen LogP contribution is 2.40. The predicted molar refractivity (Wildman–Crippen MR) is 110 cm³/mol. The number of pyridine rings is 1. The number of aryl methyl sites for hydroxylation is 3. The summed E-state index contributed by atoms with van der Waals surface area (Å²) in [4.78, 5) is 21.2. The first-order valence-electron chi connectivity index (χ1n) is 9.64. The summed E-state index contributed by atoms with van der Waals surface area (Å²) < 4.78 is 2.10. The summed E-state index contributed by atoms with van der Waals surface area (Å²) in [6.45, 7) is 7.07. The van der Waals surface area contributed by atoms with E-state index in [0.29, 0.717) is 24.8 Å². The molecule has 3 aromatic rings. The number of hydrogen-bond acceptors (Lipinski definition) is 4. The van der Waals surface area contributed by atoms with Crippen molar-refractivity contribution < 1.29 is 4.79 Å². The van der Waals surface area contributed by atoms with Crippen LogP contribution in [0.15, 0.2) is 30.3 Å². The molecule has 2 amide bonds. The van der Waals surface area contributed by atoms with Gasteiger partial charge >= 0.3 is 6.03 Å². The summed E-state index contributed by atoms with van der Waals surface area (Å²) >= 11 is 0. The molecular weight excluding hydrogens is 352 g/mol. The molecule has 2 aromatic heterocycles. The standard InChI is InChI=1S/C21H26N6O/c1-12-13(2)24-20(22)18-19(12)27(14(3)25-18)10-9-23-21(28)26-17-11-16(17)15-7-5-4-6-8-15/h4-8,16-17H,9-11H2,1-3H3,(H2,22,24)(H2,23,26,28). The Morgan fingerprint density at radius 1 is 1.21 bits per heavy atom. The third kappa shape index (κ3) is 3.40. The van der Waals surface area contributed by atoms with Crippen LogP contribution in [0, 0.1) is 20.8 Å². The molecule has 4 N–H and O–H groups in total. The molecule has 28 heavy (non-hydrogen) atoms. The number of nitrogens with one attached hydrogen (secondary N) is 2. The topological polar surface area (TPSA) is 97.9 Å². The number of hydrogen-bond donors (Lipinski definition) is 3. The van der Waals surface area contributed by atoms with Gasteiger partial charge in [-0.2, -0.15) is 0 Å². The molecule has 7 heteroatoms. The number of fused-ring (bicyclic) bond motifs is 1. The Balaban J connectivity index is 1.36. The Labute approximate surface area is 164 Å². The SMILES string of the molecule is Cc1nc(N)c2nc(C)n(CCNC(=O)NC3CC3c3ccccc3)c2c1C. The van der Waals surface area contributed by atoms with Gasteiger partial charge in [0.2, 0.25) is 0 Å². The zero-order valence-electron chi connectivity index (χ0n) is 16.5. The first kappa shape index (κ1) is 18.3. The van der Waals surface area contributed by atoms with Crippen molar-refractivity contribution in [2.24, 2.45) is 0 Å². The third-order valence-corrected chi connectivity index (χ3v) is 5.54. The average molecular weight is 378 g/mol. The van der Waals surface area contributed by atoms with Crippen molar-refractivity contribution in [1.29, 1.82) is 0 Å². The first-order chi connectivity index (χ1) is 13.5. The molecule has 2 unspecified atom stereocenters. The van der Waals surface area contributed by atoms with E-state index in [1.807, 2.05) is 39.0 Å². The molecule has 2 heterocycles. The fourth-order valence-electron chi connectivity index (χ4n) is 3.81. The molecule has 1 aromatic carbocycles. The van der Waals surface area contributed by atoms with Crippen LogP contribution in [-0.4, -0.2) is 33.2 Å². The van der Waals surface area contributed by atoms with E-state index in [1.165, 1.54) is 5.56 Å². The highest BCUT2D eigenvalue weighted by atomic mass is 16.2. The lowest BCUT2D eigenvalue weighted by atomic mass is 10.1. The van der Waals surface area contributed by atoms with Crippen LogP contribution in [-0.2, 0) is 6.54 Å². The number of rotatable bonds is 5. The van der Waals surface area contributed by atoms with Gasteiger partial charge in [0.1, 0.15) is 11.3 Å². The second-order valence-electron chi connectivity index (χ2n) is 7.47. The minimum absolute atomic E-state index is 0.125. The van der Waals surface area contributed by atoms with Gasteiger partial charge in [-0.25, -0.2) is 14.8 Å². The van der Waals surface area contributed by atoms with Gasteiger partial charge in [0.05, 0.1) is 5.52 Å². The molecule has 0 radical (unpaired) electrons. The van der Waals surface area contributed by atoms with Crippen LogP contribution < -0.4 is 16.4 Å². The van der Waals surface area contributed by atoms with Gasteiger partial charge in [-0.05, 0) is 38.3 Å². The molecule has 4 rings (SSSR count). The lowest BCUT2D eigenvalue weighted by Crippen LogP contribution is -2.38. The maximum Gasteiger partial charge on any atom is 0.315 e. The summed E-state index contributed by atoms with van der Waals surface area (Å²) in [5.41, 5.74) is 11.0. The van der Waals surface area contributed by atoms with Crippen molar-refractivity contribution in [1.82, 2.24) is 25.2 Å². The number of nitrogen functional groups attached to an aromatic ring is 1. The van der Waals surface area contributed by atoms with E-state index in [9.17, 15) is 4.79 Å². The maximum absolute atomic E-state index is 12.2. The van der Waals surface area contributed by atoms with Crippen molar-refractivity contribution >= 4 is 22.9 Å². The van der Waals surface area contributed by atoms with E-state index < -0.39 is 0 Å². The largest absolute Gasteiger partial charge is 0.382 e. The summed E-state index contributed by atoms with van der Waals surface area (Å²) in [6, 6.07) is 10.4. The molecule has 1 aliphatic rings. The molecular formula is C21H26N6O. The van der Waals surface area contributed by atoms with Crippen molar-refractivity contribution in [3.05, 3.63) is 53.0 Å². The van der Waals surface area contributed by atoms with Gasteiger partial charge in [0.25, 0.3) is 0 Å². The van der Waals surface area contributed by atoms with Crippen molar-refractivity contribution in [3.63, 3.8) is 0 Å². The molecule has 0 saturated heterocycles. The lowest BCUT2D eigenvalue weighted by molar-refractivity contribution is 0.240. The van der Waals surface area contributed by atoms with E-state index in [4.69, 9.17) is 5.73 Å². The van der Waals surface area contributed by atoms with Crippen molar-refractivity contribution in [2.75, 3.05) is 12.3 Å². The van der Waals surface area contributed by atoms with Gasteiger partial charge in [0, 0.05) is 30.7 Å². The number of nitrogens with zero attached hydrogens (tertiary/aromatic N) is 3. The molecule has 1 saturated carbocycles. The van der Waals surface area contributed by atoms with E-state index in [1.54, 1.807) is 0 Å². The number of nitrogens with two attached hydrogens (primary N) is 1. The molecule has 0 aliphatic heterocycles. The molecule has 0 spiro atoms. The minimum atomic E-state index is -0.125. The monoisotopic (exact) mass is 378 g/mol. The average Bonchev–Trinajstić information content (AvgIpc) is 3.35. The van der Waals surface area contributed by atoms with Crippen LogP contribution in [0.3, 0.4) is 0 Å². The van der Waals surface area contributed by atoms with Gasteiger partial charge in [-0.1, -0.05) is 30.3 Å². The van der Waals surface area contributed by atoms with Gasteiger partial charge in [0.15, 0.2) is 5.82 Å². The summed E-state index contributed by atoms with van der Waals surface area (Å²) in [5.74, 6) is 1.74. The zero-order valence-corrected chi connectivity index (χ0v) is 16.5. The minimum Gasteiger partial charge on any atom is -0.382 e. The molecule has 146 valence electrons. The molecule has 1 fully saturated rings. The highest BCUT2D eigenvalue weighted by molar-refractivity contribution is 5.88. The molecule has 7 nitrogen and oxygen atoms in total. The van der Waals surface area contributed by atoms with Crippen LogP contribution in [0.25, 0.3) is 11.0 Å². The summed E-state index contributed by atoms with van der Waals surface area (Å²) in [7, 11) is 0. The Bertz CT molecular complexity index is 1030. The van der Waals surface area contributed by atoms with E-state index in [2.05, 4.69) is 37.3 Å². The van der Waals surface area contributed by atoms with Gasteiger partial charge < -0.3 is 20.9 Å². The van der Waals surface area contributed by atoms with Crippen LogP contribution in [0.1, 0.15) is 35.0 Å². The number of urea groups is 1. The van der Waals surface area contributed by atoms with Gasteiger partial charge in [-0.15, -0.1) is 0 Å². The van der Waals surface area contributed by atoms with Gasteiger partial charge in [-0.3, -0.25) is 0 Å². The number of carbonyl (C=O) groups is 1. The second kappa shape index (κ2) is 7.14. The molecule has 0 bridgehead atoms. The van der Waals surface area contributed by atoms with Crippen LogP contribution in [0.2, 0.25) is 0 Å². The quantitative estimate of drug-likeness (QED) is 0.636. The highest BCUT2D eigenvalue weighted by Gasteiger charge is 2.39. The molecule has 1 aliphatic carbocycles. The lowest BCUT2D eigenvalue weighted by Gasteiger charge is -2.12. The number of benzene rings is 1. The number of carbonyl (C=O) groups excluding carboxylic acids is 1. The van der Waals surface area contributed by atoms with Crippen LogP contribution in [0.4, 0.5) is 10.6 Å². The summed E-state index contributed by atoms with van der Waals surface area (Å²) in [6.07, 6.45) is 0.994. The fraction of sp³-hybridized carbons (Fsp3) is 0.381. The zero-order chi connectivity index (χ0) is 19.8. The number of aromatic nitrogens is 3. The van der Waals surface area contributed by atoms with Crippen LogP contribution in [0.5, 0.6) is 0 Å². The van der Waals surface area contributed by atoms with Crippen LogP contribution >= 0.6 is 0 Å². The Morgan fingerprint density at radius 3 is 2.71 bits per heavy atom. The Kier molecular flexibility index (Phi) is 4.66. The van der Waals surface area contributed by atoms with E-state index in [-0.39, 0.29) is 12.1 Å². The maximum atomic E-state index is 12.2.